The normalized spacial score (nSPS) is 9.89. The Morgan fingerprint density at radius 2 is 1.74 bits per heavy atom. The lowest BCUT2D eigenvalue weighted by Gasteiger charge is -2.15. The average Bonchev–Trinajstić information content (AvgIpc) is 2.45. The molecule has 0 saturated heterocycles. The summed E-state index contributed by atoms with van der Waals surface area (Å²) >= 11 is 0. The number of carbonyl (C=O) groups is 1. The number of hydrogen-bond donors (Lipinski definition) is 0. The number of unbranched alkanes of at least 4 members (excludes halogenated alkanes) is 1. The fraction of sp³-hybridized carbons (Fsp3) is 0.500. The van der Waals surface area contributed by atoms with E-state index in [1.54, 1.807) is 12.1 Å². The highest BCUT2D eigenvalue weighted by atomic mass is 16.5. The number of ether oxygens (including phenoxy) is 4. The second-order valence-corrected chi connectivity index (χ2v) is 3.87. The third-order valence-corrected chi connectivity index (χ3v) is 2.66. The molecule has 1 aromatic rings. The number of benzene rings is 1. The number of hydrogen-bond acceptors (Lipinski definition) is 5. The van der Waals surface area contributed by atoms with Crippen LogP contribution in [0.5, 0.6) is 17.2 Å². The van der Waals surface area contributed by atoms with Crippen LogP contribution < -0.4 is 14.2 Å². The summed E-state index contributed by atoms with van der Waals surface area (Å²) < 4.78 is 20.8. The molecule has 0 aliphatic carbocycles. The first-order chi connectivity index (χ1) is 9.19. The van der Waals surface area contributed by atoms with E-state index in [1.165, 1.54) is 21.3 Å². The van der Waals surface area contributed by atoms with Crippen molar-refractivity contribution in [1.29, 1.82) is 0 Å². The summed E-state index contributed by atoms with van der Waals surface area (Å²) in [6.07, 6.45) is 1.80. The molecule has 0 aliphatic heterocycles. The Morgan fingerprint density at radius 1 is 1.05 bits per heavy atom. The average molecular weight is 268 g/mol. The first-order valence-corrected chi connectivity index (χ1v) is 6.15. The van der Waals surface area contributed by atoms with Gasteiger partial charge in [-0.15, -0.1) is 0 Å². The minimum Gasteiger partial charge on any atom is -0.493 e. The van der Waals surface area contributed by atoms with E-state index in [-0.39, 0.29) is 0 Å². The summed E-state index contributed by atoms with van der Waals surface area (Å²) in [6, 6.07) is 3.26. The maximum atomic E-state index is 12.0. The van der Waals surface area contributed by atoms with E-state index in [0.717, 1.165) is 12.8 Å². The minimum atomic E-state index is -0.425. The monoisotopic (exact) mass is 268 g/mol. The molecule has 0 saturated carbocycles. The zero-order valence-electron chi connectivity index (χ0n) is 11.8. The van der Waals surface area contributed by atoms with Gasteiger partial charge in [-0.3, -0.25) is 0 Å². The first kappa shape index (κ1) is 15.1. The van der Waals surface area contributed by atoms with Crippen LogP contribution in [0.3, 0.4) is 0 Å². The number of methoxy groups -OCH3 is 3. The Balaban J connectivity index is 3.03. The third kappa shape index (κ3) is 3.53. The van der Waals surface area contributed by atoms with Crippen molar-refractivity contribution in [2.24, 2.45) is 0 Å². The van der Waals surface area contributed by atoms with Crippen molar-refractivity contribution >= 4 is 5.97 Å². The smallest absolute Gasteiger partial charge is 0.342 e. The van der Waals surface area contributed by atoms with E-state index in [4.69, 9.17) is 18.9 Å². The number of rotatable bonds is 7. The summed E-state index contributed by atoms with van der Waals surface area (Å²) in [6.45, 7) is 2.43. The van der Waals surface area contributed by atoms with Crippen molar-refractivity contribution in [3.8, 4) is 17.2 Å². The second-order valence-electron chi connectivity index (χ2n) is 3.87. The van der Waals surface area contributed by atoms with Crippen LogP contribution in [0.1, 0.15) is 30.1 Å². The van der Waals surface area contributed by atoms with Gasteiger partial charge in [-0.1, -0.05) is 13.3 Å². The Bertz CT molecular complexity index is 428. The van der Waals surface area contributed by atoms with Crippen LogP contribution in [-0.2, 0) is 4.74 Å². The minimum absolute atomic E-state index is 0.323. The van der Waals surface area contributed by atoms with Crippen molar-refractivity contribution in [3.05, 3.63) is 17.7 Å². The molecule has 0 amide bonds. The van der Waals surface area contributed by atoms with Crippen LogP contribution in [-0.4, -0.2) is 33.9 Å². The lowest BCUT2D eigenvalue weighted by Crippen LogP contribution is -2.09. The van der Waals surface area contributed by atoms with E-state index in [1.807, 2.05) is 6.92 Å². The highest BCUT2D eigenvalue weighted by Gasteiger charge is 2.21. The zero-order valence-corrected chi connectivity index (χ0v) is 11.8. The van der Waals surface area contributed by atoms with Crippen molar-refractivity contribution in [2.75, 3.05) is 27.9 Å². The second kappa shape index (κ2) is 7.51. The van der Waals surface area contributed by atoms with Crippen LogP contribution in [0.4, 0.5) is 0 Å². The first-order valence-electron chi connectivity index (χ1n) is 6.15. The molecule has 0 atom stereocenters. The van der Waals surface area contributed by atoms with Gasteiger partial charge in [0.2, 0.25) is 5.75 Å². The molecule has 5 heteroatoms. The molecule has 5 nitrogen and oxygen atoms in total. The lowest BCUT2D eigenvalue weighted by molar-refractivity contribution is 0.0495. The predicted molar refractivity (Wildman–Crippen MR) is 71.3 cm³/mol. The van der Waals surface area contributed by atoms with Crippen LogP contribution in [0.15, 0.2) is 12.1 Å². The number of carbonyl (C=O) groups excluding carboxylic acids is 1. The zero-order chi connectivity index (χ0) is 14.3. The van der Waals surface area contributed by atoms with Crippen molar-refractivity contribution in [1.82, 2.24) is 0 Å². The van der Waals surface area contributed by atoms with Gasteiger partial charge in [-0.05, 0) is 18.6 Å². The van der Waals surface area contributed by atoms with Crippen LogP contribution in [0.2, 0.25) is 0 Å². The lowest BCUT2D eigenvalue weighted by atomic mass is 10.1. The van der Waals surface area contributed by atoms with Crippen LogP contribution >= 0.6 is 0 Å². The molecule has 0 bridgehead atoms. The molecule has 0 aromatic heterocycles. The molecule has 0 unspecified atom stereocenters. The summed E-state index contributed by atoms with van der Waals surface area (Å²) in [7, 11) is 4.49. The summed E-state index contributed by atoms with van der Waals surface area (Å²) in [4.78, 5) is 12.0. The molecule has 0 heterocycles. The Kier molecular flexibility index (Phi) is 5.99. The highest BCUT2D eigenvalue weighted by Crippen LogP contribution is 2.39. The molecular formula is C14H20O5. The predicted octanol–water partition coefficient (Wildman–Crippen LogP) is 2.67. The number of esters is 1. The molecule has 0 fully saturated rings. The molecule has 1 rings (SSSR count). The molecule has 19 heavy (non-hydrogen) atoms. The van der Waals surface area contributed by atoms with Crippen molar-refractivity contribution < 1.29 is 23.7 Å². The van der Waals surface area contributed by atoms with Gasteiger partial charge >= 0.3 is 5.97 Å². The summed E-state index contributed by atoms with van der Waals surface area (Å²) in [5, 5.41) is 0. The van der Waals surface area contributed by atoms with Crippen LogP contribution in [0.25, 0.3) is 0 Å². The van der Waals surface area contributed by atoms with E-state index in [2.05, 4.69) is 0 Å². The van der Waals surface area contributed by atoms with Gasteiger partial charge < -0.3 is 18.9 Å². The van der Waals surface area contributed by atoms with Gasteiger partial charge in [0.1, 0.15) is 5.56 Å². The maximum Gasteiger partial charge on any atom is 0.342 e. The molecule has 1 aromatic carbocycles. The Labute approximate surface area is 113 Å². The van der Waals surface area contributed by atoms with Crippen molar-refractivity contribution in [3.63, 3.8) is 0 Å². The SMILES string of the molecule is CCCCOC(=O)c1ccc(OC)c(OC)c1OC. The van der Waals surface area contributed by atoms with Gasteiger partial charge in [0, 0.05) is 0 Å². The van der Waals surface area contributed by atoms with Gasteiger partial charge in [0.05, 0.1) is 27.9 Å². The fourth-order valence-electron chi connectivity index (χ4n) is 1.65. The van der Waals surface area contributed by atoms with Gasteiger partial charge in [-0.2, -0.15) is 0 Å². The maximum absolute atomic E-state index is 12.0. The standard InChI is InChI=1S/C14H20O5/c1-5-6-9-19-14(15)10-7-8-11(16-2)13(18-4)12(10)17-3/h7-8H,5-6,9H2,1-4H3. The molecule has 0 spiro atoms. The van der Waals surface area contributed by atoms with Gasteiger partial charge in [-0.25, -0.2) is 4.79 Å². The molecule has 106 valence electrons. The van der Waals surface area contributed by atoms with Gasteiger partial charge in [0.25, 0.3) is 0 Å². The van der Waals surface area contributed by atoms with E-state index < -0.39 is 5.97 Å². The fourth-order valence-corrected chi connectivity index (χ4v) is 1.65. The van der Waals surface area contributed by atoms with Crippen LogP contribution in [0, 0.1) is 0 Å². The summed E-state index contributed by atoms with van der Waals surface area (Å²) in [5.74, 6) is 0.786. The molecule has 0 N–H and O–H groups in total. The Hall–Kier alpha value is -1.91. The van der Waals surface area contributed by atoms with Gasteiger partial charge in [0.15, 0.2) is 11.5 Å². The summed E-state index contributed by atoms with van der Waals surface area (Å²) in [5.41, 5.74) is 0.330. The molecular weight excluding hydrogens is 248 g/mol. The Morgan fingerprint density at radius 3 is 2.26 bits per heavy atom. The third-order valence-electron chi connectivity index (χ3n) is 2.66. The largest absolute Gasteiger partial charge is 0.493 e. The topological polar surface area (TPSA) is 54.0 Å². The van der Waals surface area contributed by atoms with E-state index in [0.29, 0.717) is 29.4 Å². The quantitative estimate of drug-likeness (QED) is 0.562. The highest BCUT2D eigenvalue weighted by molar-refractivity contribution is 5.94. The molecule has 0 aliphatic rings. The molecule has 0 radical (unpaired) electrons. The van der Waals surface area contributed by atoms with Crippen molar-refractivity contribution in [2.45, 2.75) is 19.8 Å². The van der Waals surface area contributed by atoms with E-state index >= 15 is 0 Å². The van der Waals surface area contributed by atoms with E-state index in [9.17, 15) is 4.79 Å².